The summed E-state index contributed by atoms with van der Waals surface area (Å²) in [5.41, 5.74) is 1.96. The fourth-order valence-corrected chi connectivity index (χ4v) is 4.29. The van der Waals surface area contributed by atoms with Gasteiger partial charge in [0.25, 0.3) is 0 Å². The highest BCUT2D eigenvalue weighted by atomic mass is 32.2. The van der Waals surface area contributed by atoms with Crippen LogP contribution < -0.4 is 10.0 Å². The van der Waals surface area contributed by atoms with Crippen LogP contribution in [0.1, 0.15) is 25.7 Å². The summed E-state index contributed by atoms with van der Waals surface area (Å²) in [6, 6.07) is 8.05. The fourth-order valence-electron chi connectivity index (χ4n) is 3.16. The van der Waals surface area contributed by atoms with Gasteiger partial charge in [-0.15, -0.1) is 0 Å². The van der Waals surface area contributed by atoms with Gasteiger partial charge in [-0.3, -0.25) is 14.8 Å². The quantitative estimate of drug-likeness (QED) is 0.462. The maximum atomic E-state index is 12.2. The van der Waals surface area contributed by atoms with Crippen LogP contribution in [0.3, 0.4) is 0 Å². The lowest BCUT2D eigenvalue weighted by atomic mass is 10.1. The highest BCUT2D eigenvalue weighted by Crippen LogP contribution is 2.31. The number of anilines is 2. The lowest BCUT2D eigenvalue weighted by molar-refractivity contribution is -0.134. The van der Waals surface area contributed by atoms with E-state index in [1.165, 1.54) is 12.1 Å². The van der Waals surface area contributed by atoms with Gasteiger partial charge in [0.15, 0.2) is 0 Å². The van der Waals surface area contributed by atoms with Crippen LogP contribution in [0, 0.1) is 5.92 Å². The van der Waals surface area contributed by atoms with E-state index < -0.39 is 34.8 Å². The van der Waals surface area contributed by atoms with Crippen LogP contribution in [0.4, 0.5) is 24.8 Å². The Bertz CT molecular complexity index is 1240. The Labute approximate surface area is 181 Å². The van der Waals surface area contributed by atoms with Gasteiger partial charge in [-0.05, 0) is 37.5 Å². The third kappa shape index (κ3) is 5.55. The number of sulfonamides is 1. The molecular weight excluding hydrogens is 447 g/mol. The van der Waals surface area contributed by atoms with Crippen LogP contribution in [0.25, 0.3) is 22.3 Å². The average molecular weight is 467 g/mol. The number of alkyl halides is 3. The molecule has 0 spiro atoms. The fraction of sp³-hybridized carbons (Fsp3) is 0.350. The Morgan fingerprint density at radius 1 is 1.12 bits per heavy atom. The second-order valence-electron chi connectivity index (χ2n) is 7.62. The summed E-state index contributed by atoms with van der Waals surface area (Å²) in [6.07, 6.45) is -2.69. The van der Waals surface area contributed by atoms with Crippen molar-refractivity contribution in [2.75, 3.05) is 15.8 Å². The summed E-state index contributed by atoms with van der Waals surface area (Å²) >= 11 is 0. The van der Waals surface area contributed by atoms with E-state index in [2.05, 4.69) is 25.0 Å². The number of H-pyrrole nitrogens is 1. The van der Waals surface area contributed by atoms with E-state index in [1.54, 1.807) is 24.4 Å². The zero-order valence-corrected chi connectivity index (χ0v) is 17.6. The third-order valence-electron chi connectivity index (χ3n) is 4.90. The largest absolute Gasteiger partial charge is 0.389 e. The van der Waals surface area contributed by atoms with E-state index in [0.717, 1.165) is 18.2 Å². The minimum absolute atomic E-state index is 0.00942. The topological polar surface area (TPSA) is 117 Å². The van der Waals surface area contributed by atoms with Crippen LogP contribution in [0.5, 0.6) is 0 Å². The maximum absolute atomic E-state index is 12.2. The predicted octanol–water partition coefficient (Wildman–Crippen LogP) is 4.06. The Kier molecular flexibility index (Phi) is 5.80. The minimum Gasteiger partial charge on any atom is -0.346 e. The molecule has 0 aliphatic heterocycles. The van der Waals surface area contributed by atoms with Crippen molar-refractivity contribution in [2.45, 2.75) is 31.9 Å². The van der Waals surface area contributed by atoms with E-state index in [-0.39, 0.29) is 23.5 Å². The molecule has 0 bridgehead atoms. The highest BCUT2D eigenvalue weighted by Gasteiger charge is 2.30. The number of carbonyl (C=O) groups excluding carboxylic acids is 1. The average Bonchev–Trinajstić information content (AvgIpc) is 3.45. The molecule has 170 valence electrons. The van der Waals surface area contributed by atoms with Gasteiger partial charge in [-0.25, -0.2) is 13.4 Å². The molecule has 0 saturated heterocycles. The number of fused-ring (bicyclic) bond motifs is 1. The standard InChI is InChI=1S/C20H20F3N5O3S/c21-20(22,23)9-1-11-32(30,31)28-14-6-4-12(5-7-14)16-15-8-10-24-17(15)26-19(25-16)27-18(29)13-2-3-13/h4-8,10,13,28H,1-3,9,11H2,(H2,24,25,26,27,29). The monoisotopic (exact) mass is 467 g/mol. The van der Waals surface area contributed by atoms with E-state index >= 15 is 0 Å². The molecule has 1 amide bonds. The number of carbonyl (C=O) groups is 1. The van der Waals surface area contributed by atoms with Crippen molar-refractivity contribution < 1.29 is 26.4 Å². The van der Waals surface area contributed by atoms with Crippen LogP contribution in [-0.4, -0.2) is 41.2 Å². The zero-order valence-electron chi connectivity index (χ0n) is 16.7. The molecule has 1 aliphatic rings. The molecule has 1 aromatic carbocycles. The van der Waals surface area contributed by atoms with Gasteiger partial charge in [-0.2, -0.15) is 18.2 Å². The van der Waals surface area contributed by atoms with Gasteiger partial charge in [0.2, 0.25) is 21.9 Å². The molecule has 0 radical (unpaired) electrons. The first kappa shape index (κ1) is 22.1. The number of halogens is 3. The van der Waals surface area contributed by atoms with Gasteiger partial charge in [-0.1, -0.05) is 12.1 Å². The summed E-state index contributed by atoms with van der Waals surface area (Å²) in [4.78, 5) is 23.8. The molecule has 0 atom stereocenters. The molecule has 1 aliphatic carbocycles. The Balaban J connectivity index is 1.51. The van der Waals surface area contributed by atoms with E-state index in [1.807, 2.05) is 0 Å². The number of nitrogens with zero attached hydrogens (tertiary/aromatic N) is 2. The summed E-state index contributed by atoms with van der Waals surface area (Å²) in [7, 11) is -3.91. The molecule has 1 fully saturated rings. The number of hydrogen-bond donors (Lipinski definition) is 3. The Hall–Kier alpha value is -3.15. The summed E-state index contributed by atoms with van der Waals surface area (Å²) in [5.74, 6) is -0.600. The lowest BCUT2D eigenvalue weighted by Gasteiger charge is -2.11. The van der Waals surface area contributed by atoms with E-state index in [4.69, 9.17) is 0 Å². The summed E-state index contributed by atoms with van der Waals surface area (Å²) in [5, 5.41) is 3.43. The molecule has 2 heterocycles. The molecular formula is C20H20F3N5O3S. The zero-order chi connectivity index (χ0) is 22.9. The van der Waals surface area contributed by atoms with Crippen LogP contribution in [-0.2, 0) is 14.8 Å². The van der Waals surface area contributed by atoms with Crippen LogP contribution >= 0.6 is 0 Å². The van der Waals surface area contributed by atoms with Crippen molar-refractivity contribution in [3.8, 4) is 11.3 Å². The van der Waals surface area contributed by atoms with Crippen molar-refractivity contribution in [3.05, 3.63) is 36.5 Å². The molecule has 2 aromatic heterocycles. The van der Waals surface area contributed by atoms with Crippen molar-refractivity contribution in [1.82, 2.24) is 15.0 Å². The number of aromatic amines is 1. The van der Waals surface area contributed by atoms with Gasteiger partial charge < -0.3 is 4.98 Å². The van der Waals surface area contributed by atoms with Crippen LogP contribution in [0.15, 0.2) is 36.5 Å². The maximum Gasteiger partial charge on any atom is 0.389 e. The molecule has 3 N–H and O–H groups in total. The molecule has 12 heteroatoms. The smallest absolute Gasteiger partial charge is 0.346 e. The molecule has 1 saturated carbocycles. The molecule has 3 aromatic rings. The van der Waals surface area contributed by atoms with Gasteiger partial charge in [0.1, 0.15) is 5.65 Å². The second kappa shape index (κ2) is 8.41. The number of nitrogens with one attached hydrogen (secondary N) is 3. The van der Waals surface area contributed by atoms with Gasteiger partial charge in [0, 0.05) is 35.2 Å². The first-order valence-corrected chi connectivity index (χ1v) is 11.6. The SMILES string of the molecule is O=C(Nc1nc(-c2ccc(NS(=O)(=O)CCCC(F)(F)F)cc2)c2cc[nH]c2n1)C1CC1. The number of hydrogen-bond acceptors (Lipinski definition) is 5. The number of rotatable bonds is 8. The molecule has 8 nitrogen and oxygen atoms in total. The van der Waals surface area contributed by atoms with E-state index in [0.29, 0.717) is 16.9 Å². The first-order valence-electron chi connectivity index (χ1n) is 9.93. The van der Waals surface area contributed by atoms with E-state index in [9.17, 15) is 26.4 Å². The Morgan fingerprint density at radius 2 is 1.84 bits per heavy atom. The summed E-state index contributed by atoms with van der Waals surface area (Å²) in [6.45, 7) is 0. The Morgan fingerprint density at radius 3 is 2.50 bits per heavy atom. The van der Waals surface area contributed by atoms with Crippen molar-refractivity contribution in [2.24, 2.45) is 5.92 Å². The molecule has 0 unspecified atom stereocenters. The van der Waals surface area contributed by atoms with Gasteiger partial charge >= 0.3 is 6.18 Å². The third-order valence-corrected chi connectivity index (χ3v) is 6.28. The molecule has 4 rings (SSSR count). The van der Waals surface area contributed by atoms with Crippen LogP contribution in [0.2, 0.25) is 0 Å². The normalized spacial score (nSPS) is 14.5. The van der Waals surface area contributed by atoms with Crippen molar-refractivity contribution in [3.63, 3.8) is 0 Å². The first-order chi connectivity index (χ1) is 15.1. The number of benzene rings is 1. The number of amides is 1. The minimum atomic E-state index is -4.39. The van der Waals surface area contributed by atoms with Gasteiger partial charge in [0.05, 0.1) is 11.4 Å². The predicted molar refractivity (Wildman–Crippen MR) is 113 cm³/mol. The summed E-state index contributed by atoms with van der Waals surface area (Å²) < 4.78 is 63.1. The highest BCUT2D eigenvalue weighted by molar-refractivity contribution is 7.92. The lowest BCUT2D eigenvalue weighted by Crippen LogP contribution is -2.18. The second-order valence-corrected chi connectivity index (χ2v) is 9.46. The van der Waals surface area contributed by atoms with Crippen molar-refractivity contribution in [1.29, 1.82) is 0 Å². The number of aromatic nitrogens is 3. The molecule has 32 heavy (non-hydrogen) atoms. The van der Waals surface area contributed by atoms with Crippen molar-refractivity contribution >= 4 is 38.6 Å².